The third-order valence-corrected chi connectivity index (χ3v) is 5.37. The Labute approximate surface area is 132 Å². The summed E-state index contributed by atoms with van der Waals surface area (Å²) in [6.07, 6.45) is 3.68. The van der Waals surface area contributed by atoms with Gasteiger partial charge < -0.3 is 10.2 Å². The highest BCUT2D eigenvalue weighted by Gasteiger charge is 2.27. The normalized spacial score (nSPS) is 18.2. The predicted octanol–water partition coefficient (Wildman–Crippen LogP) is 1.65. The smallest absolute Gasteiger partial charge is 0.241 e. The van der Waals surface area contributed by atoms with Gasteiger partial charge in [-0.1, -0.05) is 13.0 Å². The van der Waals surface area contributed by atoms with E-state index in [1.165, 1.54) is 0 Å². The molecule has 1 atom stereocenters. The van der Waals surface area contributed by atoms with Crippen LogP contribution in [0.25, 0.3) is 0 Å². The number of nitrogens with zero attached hydrogens (tertiary/aromatic N) is 2. The molecular formula is C15H22N4O2S. The number of nitriles is 1. The van der Waals surface area contributed by atoms with Crippen molar-refractivity contribution in [1.82, 2.24) is 9.62 Å². The molecule has 0 saturated carbocycles. The Hall–Kier alpha value is -1.78. The van der Waals surface area contributed by atoms with Crippen molar-refractivity contribution in [3.05, 3.63) is 23.8 Å². The molecule has 120 valence electrons. The number of rotatable bonds is 6. The van der Waals surface area contributed by atoms with Crippen LogP contribution in [0.15, 0.2) is 23.1 Å². The zero-order chi connectivity index (χ0) is 16.2. The van der Waals surface area contributed by atoms with Crippen LogP contribution < -0.4 is 10.0 Å². The van der Waals surface area contributed by atoms with E-state index in [-0.39, 0.29) is 6.04 Å². The topological polar surface area (TPSA) is 85.2 Å². The highest BCUT2D eigenvalue weighted by atomic mass is 32.2. The summed E-state index contributed by atoms with van der Waals surface area (Å²) in [4.78, 5) is 1.86. The highest BCUT2D eigenvalue weighted by molar-refractivity contribution is 7.89. The molecule has 0 aliphatic carbocycles. The van der Waals surface area contributed by atoms with Gasteiger partial charge in [-0.05, 0) is 37.5 Å². The van der Waals surface area contributed by atoms with Crippen molar-refractivity contribution >= 4 is 15.7 Å². The molecule has 0 unspecified atom stereocenters. The zero-order valence-corrected chi connectivity index (χ0v) is 13.8. The number of hydrogen-bond donors (Lipinski definition) is 2. The van der Waals surface area contributed by atoms with E-state index in [1.54, 1.807) is 17.9 Å². The minimum absolute atomic E-state index is 0.212. The van der Waals surface area contributed by atoms with Gasteiger partial charge >= 0.3 is 0 Å². The summed E-state index contributed by atoms with van der Waals surface area (Å²) in [5, 5.41) is 12.1. The molecule has 0 bridgehead atoms. The summed E-state index contributed by atoms with van der Waals surface area (Å²) < 4.78 is 27.9. The van der Waals surface area contributed by atoms with Gasteiger partial charge in [0.15, 0.2) is 6.19 Å². The van der Waals surface area contributed by atoms with Gasteiger partial charge in [-0.15, -0.1) is 0 Å². The van der Waals surface area contributed by atoms with Crippen LogP contribution in [0.1, 0.15) is 25.3 Å². The molecule has 1 aromatic rings. The van der Waals surface area contributed by atoms with Crippen LogP contribution >= 0.6 is 0 Å². The summed E-state index contributed by atoms with van der Waals surface area (Å²) in [6.45, 7) is 5.68. The number of nitrogens with one attached hydrogen (secondary N) is 2. The largest absolute Gasteiger partial charge is 0.385 e. The van der Waals surface area contributed by atoms with E-state index in [9.17, 15) is 8.42 Å². The van der Waals surface area contributed by atoms with Gasteiger partial charge in [-0.3, -0.25) is 0 Å². The van der Waals surface area contributed by atoms with Gasteiger partial charge in [0.25, 0.3) is 0 Å². The van der Waals surface area contributed by atoms with Gasteiger partial charge in [-0.2, -0.15) is 5.26 Å². The first-order valence-corrected chi connectivity index (χ1v) is 8.96. The van der Waals surface area contributed by atoms with E-state index in [2.05, 4.69) is 23.2 Å². The summed E-state index contributed by atoms with van der Waals surface area (Å²) in [5.74, 6) is 0. The van der Waals surface area contributed by atoms with Crippen LogP contribution in [0.4, 0.5) is 5.69 Å². The lowest BCUT2D eigenvalue weighted by molar-refractivity contribution is 0.470. The van der Waals surface area contributed by atoms with Crippen LogP contribution in [-0.4, -0.2) is 39.0 Å². The van der Waals surface area contributed by atoms with Crippen LogP contribution in [0, 0.1) is 18.4 Å². The molecule has 1 aromatic carbocycles. The number of benzene rings is 1. The summed E-state index contributed by atoms with van der Waals surface area (Å²) >= 11 is 0. The van der Waals surface area contributed by atoms with Crippen molar-refractivity contribution < 1.29 is 8.42 Å². The number of hydrogen-bond acceptors (Lipinski definition) is 5. The molecule has 1 heterocycles. The molecule has 0 spiro atoms. The fraction of sp³-hybridized carbons (Fsp3) is 0.533. The quantitative estimate of drug-likeness (QED) is 0.778. The van der Waals surface area contributed by atoms with Gasteiger partial charge in [0.05, 0.1) is 4.90 Å². The molecule has 0 aromatic heterocycles. The van der Waals surface area contributed by atoms with E-state index >= 15 is 0 Å². The molecule has 22 heavy (non-hydrogen) atoms. The standard InChI is InChI=1S/C15H22N4O2S/c1-3-7-17-13-5-4-12(2)15(9-13)22(20,21)18-14-6-8-19(10-14)11-16/h4-5,9,14,17-18H,3,6-8,10H2,1-2H3/t14-/m1/s1. The first-order valence-electron chi connectivity index (χ1n) is 7.48. The predicted molar refractivity (Wildman–Crippen MR) is 85.9 cm³/mol. The Bertz CT molecular complexity index is 667. The van der Waals surface area contributed by atoms with E-state index < -0.39 is 10.0 Å². The molecule has 7 heteroatoms. The average molecular weight is 322 g/mol. The minimum Gasteiger partial charge on any atom is -0.385 e. The van der Waals surface area contributed by atoms with Crippen LogP contribution in [-0.2, 0) is 10.0 Å². The third-order valence-electron chi connectivity index (χ3n) is 3.71. The molecule has 0 amide bonds. The molecule has 2 rings (SSSR count). The molecule has 1 aliphatic rings. The molecule has 0 radical (unpaired) electrons. The molecule has 6 nitrogen and oxygen atoms in total. The van der Waals surface area contributed by atoms with Gasteiger partial charge in [0, 0.05) is 31.4 Å². The second kappa shape index (κ2) is 6.99. The van der Waals surface area contributed by atoms with Crippen LogP contribution in [0.5, 0.6) is 0 Å². The van der Waals surface area contributed by atoms with E-state index in [0.717, 1.165) is 18.7 Å². The fourth-order valence-electron chi connectivity index (χ4n) is 2.50. The van der Waals surface area contributed by atoms with Crippen molar-refractivity contribution in [2.75, 3.05) is 25.0 Å². The zero-order valence-electron chi connectivity index (χ0n) is 13.0. The number of likely N-dealkylation sites (tertiary alicyclic amines) is 1. The lowest BCUT2D eigenvalue weighted by Gasteiger charge is -2.15. The first kappa shape index (κ1) is 16.6. The van der Waals surface area contributed by atoms with Crippen LogP contribution in [0.3, 0.4) is 0 Å². The number of sulfonamides is 1. The lowest BCUT2D eigenvalue weighted by atomic mass is 10.2. The lowest BCUT2D eigenvalue weighted by Crippen LogP contribution is -2.36. The Balaban J connectivity index is 2.16. The SMILES string of the molecule is CCCNc1ccc(C)c(S(=O)(=O)N[C@@H]2CCN(C#N)C2)c1. The second-order valence-electron chi connectivity index (χ2n) is 5.56. The van der Waals surface area contributed by atoms with Crippen molar-refractivity contribution in [3.8, 4) is 6.19 Å². The fourth-order valence-corrected chi connectivity index (χ4v) is 4.03. The number of aryl methyl sites for hydroxylation is 1. The van der Waals surface area contributed by atoms with Crippen molar-refractivity contribution in [2.24, 2.45) is 0 Å². The minimum atomic E-state index is -3.58. The summed E-state index contributed by atoms with van der Waals surface area (Å²) in [5.41, 5.74) is 1.52. The molecule has 1 aliphatic heterocycles. The average Bonchev–Trinajstić information content (AvgIpc) is 2.93. The maximum Gasteiger partial charge on any atom is 0.241 e. The van der Waals surface area contributed by atoms with Gasteiger partial charge in [-0.25, -0.2) is 13.1 Å². The first-order chi connectivity index (χ1) is 10.5. The Morgan fingerprint density at radius 2 is 2.23 bits per heavy atom. The van der Waals surface area contributed by atoms with Crippen molar-refractivity contribution in [1.29, 1.82) is 5.26 Å². The van der Waals surface area contributed by atoms with E-state index in [0.29, 0.717) is 30.0 Å². The summed E-state index contributed by atoms with van der Waals surface area (Å²) in [6, 6.07) is 5.15. The maximum atomic E-state index is 12.6. The van der Waals surface area contributed by atoms with Gasteiger partial charge in [0.1, 0.15) is 0 Å². The Morgan fingerprint density at radius 3 is 2.86 bits per heavy atom. The molecule has 1 saturated heterocycles. The number of anilines is 1. The second-order valence-corrected chi connectivity index (χ2v) is 7.24. The molecular weight excluding hydrogens is 300 g/mol. The van der Waals surface area contributed by atoms with E-state index in [4.69, 9.17) is 5.26 Å². The molecule has 2 N–H and O–H groups in total. The monoisotopic (exact) mass is 322 g/mol. The molecule has 1 fully saturated rings. The van der Waals surface area contributed by atoms with Crippen LogP contribution in [0.2, 0.25) is 0 Å². The maximum absolute atomic E-state index is 12.6. The van der Waals surface area contributed by atoms with Gasteiger partial charge in [0.2, 0.25) is 10.0 Å². The Kier molecular flexibility index (Phi) is 5.27. The summed E-state index contributed by atoms with van der Waals surface area (Å²) in [7, 11) is -3.58. The van der Waals surface area contributed by atoms with E-state index in [1.807, 2.05) is 12.1 Å². The highest BCUT2D eigenvalue weighted by Crippen LogP contribution is 2.21. The van der Waals surface area contributed by atoms with Crippen molar-refractivity contribution in [2.45, 2.75) is 37.6 Å². The Morgan fingerprint density at radius 1 is 1.45 bits per heavy atom. The third kappa shape index (κ3) is 3.90. The van der Waals surface area contributed by atoms with Crippen molar-refractivity contribution in [3.63, 3.8) is 0 Å².